The molecule has 0 unspecified atom stereocenters. The summed E-state index contributed by atoms with van der Waals surface area (Å²) in [6.07, 6.45) is -4.27. The van der Waals surface area contributed by atoms with Gasteiger partial charge in [0.15, 0.2) is 6.23 Å². The Morgan fingerprint density at radius 2 is 2.14 bits per heavy atom. The number of aliphatic hydroxyl groups is 2. The Morgan fingerprint density at radius 3 is 2.67 bits per heavy atom. The quantitative estimate of drug-likeness (QED) is 0.351. The van der Waals surface area contributed by atoms with Crippen LogP contribution in [0.25, 0.3) is 0 Å². The van der Waals surface area contributed by atoms with Gasteiger partial charge in [0, 0.05) is 0 Å². The first-order chi connectivity index (χ1) is 9.69. The first-order valence-corrected chi connectivity index (χ1v) is 7.14. The van der Waals surface area contributed by atoms with Gasteiger partial charge in [-0.05, 0) is 0 Å². The lowest BCUT2D eigenvalue weighted by Gasteiger charge is -2.14. The summed E-state index contributed by atoms with van der Waals surface area (Å²) in [5.41, 5.74) is 4.97. The maximum Gasteiger partial charge on any atom is 0.469 e. The van der Waals surface area contributed by atoms with Crippen LogP contribution in [0.5, 0.6) is 0 Å². The van der Waals surface area contributed by atoms with E-state index in [1.807, 2.05) is 0 Å². The van der Waals surface area contributed by atoms with E-state index in [1.165, 1.54) is 0 Å². The molecule has 0 bridgehead atoms. The zero-order valence-corrected chi connectivity index (χ0v) is 11.3. The van der Waals surface area contributed by atoms with E-state index in [2.05, 4.69) is 14.6 Å². The number of rotatable bonds is 5. The van der Waals surface area contributed by atoms with Gasteiger partial charge in [0.1, 0.15) is 24.6 Å². The Bertz CT molecular complexity index is 572. The van der Waals surface area contributed by atoms with Crippen molar-refractivity contribution >= 4 is 13.7 Å². The van der Waals surface area contributed by atoms with Crippen LogP contribution in [0.2, 0.25) is 0 Å². The number of phosphoric acid groups is 1. The van der Waals surface area contributed by atoms with Crippen LogP contribution in [0.4, 0.5) is 0 Å². The number of nitrogens with zero attached hydrogens (tertiary/aromatic N) is 3. The minimum Gasteiger partial charge on any atom is -0.387 e. The number of phosphoric ester groups is 1. The van der Waals surface area contributed by atoms with Crippen molar-refractivity contribution in [2.75, 3.05) is 6.61 Å². The molecule has 1 amide bonds. The Balaban J connectivity index is 2.08. The highest BCUT2D eigenvalue weighted by Crippen LogP contribution is 2.38. The predicted molar refractivity (Wildman–Crippen MR) is 62.5 cm³/mol. The van der Waals surface area contributed by atoms with Gasteiger partial charge in [-0.3, -0.25) is 9.32 Å². The van der Waals surface area contributed by atoms with Gasteiger partial charge in [0.2, 0.25) is 5.82 Å². The third-order valence-corrected chi connectivity index (χ3v) is 3.22. The average Bonchev–Trinajstić information content (AvgIpc) is 2.94. The van der Waals surface area contributed by atoms with E-state index in [0.29, 0.717) is 0 Å². The second kappa shape index (κ2) is 5.77. The molecule has 6 N–H and O–H groups in total. The normalized spacial score (nSPS) is 29.7. The molecule has 1 saturated heterocycles. The molecular formula is C8H13N4O8P. The summed E-state index contributed by atoms with van der Waals surface area (Å²) >= 11 is 0. The highest BCUT2D eigenvalue weighted by atomic mass is 31.2. The molecule has 0 saturated carbocycles. The molecule has 1 aromatic rings. The summed E-state index contributed by atoms with van der Waals surface area (Å²) in [6, 6.07) is 0. The molecule has 118 valence electrons. The Labute approximate surface area is 117 Å². The predicted octanol–water partition coefficient (Wildman–Crippen LogP) is -2.89. The molecule has 13 heteroatoms. The van der Waals surface area contributed by atoms with Crippen LogP contribution < -0.4 is 5.73 Å². The maximum absolute atomic E-state index is 10.9. The lowest BCUT2D eigenvalue weighted by molar-refractivity contribution is -0.0581. The number of carbonyl (C=O) groups excluding carboxylic acids is 1. The summed E-state index contributed by atoms with van der Waals surface area (Å²) in [5.74, 6) is -1.20. The van der Waals surface area contributed by atoms with Gasteiger partial charge in [-0.25, -0.2) is 14.2 Å². The highest BCUT2D eigenvalue weighted by molar-refractivity contribution is 7.46. The van der Waals surface area contributed by atoms with Gasteiger partial charge in [-0.2, -0.15) is 0 Å². The molecule has 2 heterocycles. The molecule has 0 spiro atoms. The highest BCUT2D eigenvalue weighted by Gasteiger charge is 2.45. The van der Waals surface area contributed by atoms with Crippen LogP contribution in [0.1, 0.15) is 16.8 Å². The number of primary amides is 1. The number of aliphatic hydroxyl groups excluding tert-OH is 2. The summed E-state index contributed by atoms with van der Waals surface area (Å²) < 4.78 is 21.0. The molecule has 0 radical (unpaired) electrons. The number of carbonyl (C=O) groups is 1. The van der Waals surface area contributed by atoms with Crippen molar-refractivity contribution in [1.29, 1.82) is 0 Å². The van der Waals surface area contributed by atoms with Gasteiger partial charge < -0.3 is 30.5 Å². The van der Waals surface area contributed by atoms with E-state index in [-0.39, 0.29) is 5.82 Å². The minimum atomic E-state index is -4.73. The number of nitrogens with two attached hydrogens (primary N) is 1. The van der Waals surface area contributed by atoms with Crippen molar-refractivity contribution in [2.45, 2.75) is 24.5 Å². The summed E-state index contributed by atoms with van der Waals surface area (Å²) in [6.45, 7) is -0.642. The van der Waals surface area contributed by atoms with Gasteiger partial charge in [-0.1, -0.05) is 0 Å². The van der Waals surface area contributed by atoms with Crippen molar-refractivity contribution in [3.63, 3.8) is 0 Å². The molecule has 0 aromatic carbocycles. The van der Waals surface area contributed by atoms with Crippen LogP contribution in [0.15, 0.2) is 6.33 Å². The van der Waals surface area contributed by atoms with E-state index in [9.17, 15) is 19.6 Å². The van der Waals surface area contributed by atoms with E-state index in [4.69, 9.17) is 20.3 Å². The van der Waals surface area contributed by atoms with Crippen molar-refractivity contribution in [2.24, 2.45) is 5.73 Å². The molecule has 12 nitrogen and oxygen atoms in total. The van der Waals surface area contributed by atoms with Crippen LogP contribution in [0.3, 0.4) is 0 Å². The second-order valence-electron chi connectivity index (χ2n) is 4.25. The van der Waals surface area contributed by atoms with Crippen molar-refractivity contribution in [1.82, 2.24) is 14.8 Å². The largest absolute Gasteiger partial charge is 0.469 e. The monoisotopic (exact) mass is 324 g/mol. The number of ether oxygens (including phenoxy) is 1. The Kier molecular flexibility index (Phi) is 4.39. The van der Waals surface area contributed by atoms with Gasteiger partial charge in [0.25, 0.3) is 5.91 Å². The number of hydrogen-bond donors (Lipinski definition) is 5. The van der Waals surface area contributed by atoms with Crippen LogP contribution in [0, 0.1) is 0 Å². The van der Waals surface area contributed by atoms with E-state index >= 15 is 0 Å². The molecule has 1 aliphatic heterocycles. The van der Waals surface area contributed by atoms with Crippen LogP contribution in [-0.2, 0) is 13.8 Å². The number of aromatic nitrogens is 3. The zero-order chi connectivity index (χ0) is 15.8. The number of hydrogen-bond acceptors (Lipinski definition) is 8. The number of amides is 1. The fourth-order valence-electron chi connectivity index (χ4n) is 1.77. The molecule has 21 heavy (non-hydrogen) atoms. The lowest BCUT2D eigenvalue weighted by atomic mass is 10.1. The van der Waals surface area contributed by atoms with E-state index in [0.717, 1.165) is 11.0 Å². The first-order valence-electron chi connectivity index (χ1n) is 5.61. The molecule has 1 aliphatic rings. The molecular weight excluding hydrogens is 311 g/mol. The van der Waals surface area contributed by atoms with Gasteiger partial charge in [0.05, 0.1) is 6.61 Å². The van der Waals surface area contributed by atoms with E-state index < -0.39 is 44.9 Å². The fraction of sp³-hybridized carbons (Fsp3) is 0.625. The van der Waals surface area contributed by atoms with Crippen molar-refractivity contribution < 1.29 is 38.6 Å². The summed E-state index contributed by atoms with van der Waals surface area (Å²) in [7, 11) is -4.73. The second-order valence-corrected chi connectivity index (χ2v) is 5.48. The SMILES string of the molecule is NC(=O)c1ncn([C@H]2O[C@@H](COP(=O)(O)O)[C@@H](O)[C@H]2O)n1. The Hall–Kier alpha value is -1.40. The first kappa shape index (κ1) is 16.0. The van der Waals surface area contributed by atoms with Crippen molar-refractivity contribution in [3.8, 4) is 0 Å². The minimum absolute atomic E-state index is 0.310. The molecule has 1 aromatic heterocycles. The maximum atomic E-state index is 10.9. The molecule has 1 fully saturated rings. The third kappa shape index (κ3) is 3.63. The zero-order valence-electron chi connectivity index (χ0n) is 10.4. The Morgan fingerprint density at radius 1 is 1.48 bits per heavy atom. The summed E-state index contributed by atoms with van der Waals surface area (Å²) in [5, 5.41) is 23.2. The average molecular weight is 324 g/mol. The van der Waals surface area contributed by atoms with E-state index in [1.54, 1.807) is 0 Å². The van der Waals surface area contributed by atoms with Crippen molar-refractivity contribution in [3.05, 3.63) is 12.2 Å². The van der Waals surface area contributed by atoms with Crippen LogP contribution in [-0.4, -0.2) is 65.6 Å². The topological polar surface area (TPSA) is 190 Å². The molecule has 2 rings (SSSR count). The van der Waals surface area contributed by atoms with Gasteiger partial charge in [-0.15, -0.1) is 5.10 Å². The van der Waals surface area contributed by atoms with Crippen LogP contribution >= 0.6 is 7.82 Å². The third-order valence-electron chi connectivity index (χ3n) is 2.73. The lowest BCUT2D eigenvalue weighted by Crippen LogP contribution is -2.33. The fourth-order valence-corrected chi connectivity index (χ4v) is 2.11. The van der Waals surface area contributed by atoms with Gasteiger partial charge >= 0.3 is 7.82 Å². The molecule has 0 aliphatic carbocycles. The molecule has 4 atom stereocenters. The standard InChI is InChI=1S/C8H13N4O8P/c9-6(15)7-10-2-12(11-7)8-5(14)4(13)3(20-8)1-19-21(16,17)18/h2-5,8,13-14H,1H2,(H2,9,15)(H2,16,17,18)/t3-,4+,5+,8-/m0/s1. The summed E-state index contributed by atoms with van der Waals surface area (Å²) in [4.78, 5) is 31.6. The smallest absolute Gasteiger partial charge is 0.387 e.